The molecule has 1 aromatic rings. The lowest BCUT2D eigenvalue weighted by Gasteiger charge is -2.11. The number of benzene rings is 1. The molecule has 0 saturated carbocycles. The first-order valence-electron chi connectivity index (χ1n) is 4.84. The molecule has 0 aliphatic carbocycles. The number of nitrogens with one attached hydrogen (secondary N) is 1. The van der Waals surface area contributed by atoms with Crippen LogP contribution in [0.1, 0.15) is 6.42 Å². The van der Waals surface area contributed by atoms with Crippen LogP contribution in [0.2, 0.25) is 0 Å². The molecule has 1 amide bonds. The van der Waals surface area contributed by atoms with E-state index in [1.54, 1.807) is 11.8 Å². The lowest BCUT2D eigenvalue weighted by atomic mass is 10.2. The first kappa shape index (κ1) is 12.1. The Morgan fingerprint density at radius 1 is 1.47 bits per heavy atom. The molecule has 0 heterocycles. The molecule has 15 heavy (non-hydrogen) atoms. The molecule has 4 heteroatoms. The Hall–Kier alpha value is -1.00. The number of carbonyl (C=O) groups is 1. The van der Waals surface area contributed by atoms with Gasteiger partial charge in [-0.2, -0.15) is 11.8 Å². The Kier molecular flexibility index (Phi) is 5.21. The van der Waals surface area contributed by atoms with Gasteiger partial charge in [-0.15, -0.1) is 0 Å². The number of para-hydroxylation sites is 1. The lowest BCUT2D eigenvalue weighted by Crippen LogP contribution is -2.36. The van der Waals surface area contributed by atoms with Crippen molar-refractivity contribution >= 4 is 23.4 Å². The molecule has 0 aliphatic rings. The van der Waals surface area contributed by atoms with Gasteiger partial charge in [0.25, 0.3) is 0 Å². The molecule has 1 aromatic carbocycles. The van der Waals surface area contributed by atoms with E-state index in [1.807, 2.05) is 36.6 Å². The smallest absolute Gasteiger partial charge is 0.241 e. The fraction of sp³-hybridized carbons (Fsp3) is 0.364. The van der Waals surface area contributed by atoms with Gasteiger partial charge in [0.1, 0.15) is 0 Å². The van der Waals surface area contributed by atoms with Gasteiger partial charge < -0.3 is 11.1 Å². The van der Waals surface area contributed by atoms with E-state index in [9.17, 15) is 4.79 Å². The molecule has 0 saturated heterocycles. The first-order chi connectivity index (χ1) is 7.24. The summed E-state index contributed by atoms with van der Waals surface area (Å²) >= 11 is 1.69. The number of amides is 1. The summed E-state index contributed by atoms with van der Waals surface area (Å²) in [5.74, 6) is 0.791. The van der Waals surface area contributed by atoms with Crippen LogP contribution in [0, 0.1) is 0 Å². The molecule has 0 bridgehead atoms. The van der Waals surface area contributed by atoms with Crippen molar-refractivity contribution in [1.82, 2.24) is 0 Å². The number of anilines is 1. The number of thioether (sulfide) groups is 1. The van der Waals surface area contributed by atoms with E-state index in [2.05, 4.69) is 5.32 Å². The number of hydrogen-bond acceptors (Lipinski definition) is 3. The molecule has 0 unspecified atom stereocenters. The zero-order chi connectivity index (χ0) is 11.1. The number of nitrogens with two attached hydrogens (primary N) is 1. The van der Waals surface area contributed by atoms with Crippen molar-refractivity contribution in [3.8, 4) is 0 Å². The van der Waals surface area contributed by atoms with E-state index >= 15 is 0 Å². The third kappa shape index (κ3) is 4.36. The number of hydrogen-bond donors (Lipinski definition) is 2. The van der Waals surface area contributed by atoms with E-state index in [1.165, 1.54) is 0 Å². The minimum Gasteiger partial charge on any atom is -0.325 e. The molecule has 0 aromatic heterocycles. The number of rotatable bonds is 5. The van der Waals surface area contributed by atoms with E-state index in [-0.39, 0.29) is 5.91 Å². The van der Waals surface area contributed by atoms with Gasteiger partial charge in [-0.3, -0.25) is 4.79 Å². The molecule has 1 rings (SSSR count). The predicted molar refractivity (Wildman–Crippen MR) is 66.0 cm³/mol. The highest BCUT2D eigenvalue weighted by atomic mass is 32.2. The third-order valence-electron chi connectivity index (χ3n) is 2.01. The van der Waals surface area contributed by atoms with Gasteiger partial charge in [-0.1, -0.05) is 18.2 Å². The summed E-state index contributed by atoms with van der Waals surface area (Å²) in [6, 6.07) is 8.94. The normalized spacial score (nSPS) is 12.1. The second kappa shape index (κ2) is 6.48. The van der Waals surface area contributed by atoms with Gasteiger partial charge in [0.15, 0.2) is 0 Å². The van der Waals surface area contributed by atoms with Crippen LogP contribution in [0.4, 0.5) is 5.69 Å². The standard InChI is InChI=1S/C11H16N2OS/c1-15-8-7-10(12)11(14)13-9-5-3-2-4-6-9/h2-6,10H,7-8,12H2,1H3,(H,13,14)/t10-/m0/s1. The topological polar surface area (TPSA) is 55.1 Å². The van der Waals surface area contributed by atoms with Crippen LogP contribution in [-0.4, -0.2) is 24.0 Å². The summed E-state index contributed by atoms with van der Waals surface area (Å²) in [6.07, 6.45) is 2.71. The molecule has 3 nitrogen and oxygen atoms in total. The van der Waals surface area contributed by atoms with Crippen LogP contribution in [-0.2, 0) is 4.79 Å². The van der Waals surface area contributed by atoms with Crippen molar-refractivity contribution in [1.29, 1.82) is 0 Å². The third-order valence-corrected chi connectivity index (χ3v) is 2.66. The van der Waals surface area contributed by atoms with Gasteiger partial charge in [0.2, 0.25) is 5.91 Å². The van der Waals surface area contributed by atoms with Gasteiger partial charge in [0.05, 0.1) is 6.04 Å². The summed E-state index contributed by atoms with van der Waals surface area (Å²) in [5.41, 5.74) is 6.52. The maximum absolute atomic E-state index is 11.6. The van der Waals surface area contributed by atoms with Crippen molar-refractivity contribution in [2.45, 2.75) is 12.5 Å². The van der Waals surface area contributed by atoms with Gasteiger partial charge in [-0.25, -0.2) is 0 Å². The lowest BCUT2D eigenvalue weighted by molar-refractivity contribution is -0.117. The van der Waals surface area contributed by atoms with Crippen molar-refractivity contribution in [2.75, 3.05) is 17.3 Å². The van der Waals surface area contributed by atoms with Crippen LogP contribution in [0.15, 0.2) is 30.3 Å². The zero-order valence-electron chi connectivity index (χ0n) is 8.77. The van der Waals surface area contributed by atoms with Crippen LogP contribution in [0.5, 0.6) is 0 Å². The quantitative estimate of drug-likeness (QED) is 0.800. The van der Waals surface area contributed by atoms with Gasteiger partial charge in [0, 0.05) is 5.69 Å². The molecule has 82 valence electrons. The predicted octanol–water partition coefficient (Wildman–Crippen LogP) is 1.71. The second-order valence-corrected chi connectivity index (χ2v) is 4.23. The molecular weight excluding hydrogens is 208 g/mol. The molecular formula is C11H16N2OS. The minimum absolute atomic E-state index is 0.116. The zero-order valence-corrected chi connectivity index (χ0v) is 9.59. The SMILES string of the molecule is CSCC[C@H](N)C(=O)Nc1ccccc1. The van der Waals surface area contributed by atoms with E-state index in [4.69, 9.17) is 5.73 Å². The highest BCUT2D eigenvalue weighted by molar-refractivity contribution is 7.98. The summed E-state index contributed by atoms with van der Waals surface area (Å²) in [5, 5.41) is 2.78. The van der Waals surface area contributed by atoms with Crippen LogP contribution in [0.3, 0.4) is 0 Å². The molecule has 0 aliphatic heterocycles. The van der Waals surface area contributed by atoms with Crippen LogP contribution < -0.4 is 11.1 Å². The average Bonchev–Trinajstić information content (AvgIpc) is 2.27. The van der Waals surface area contributed by atoms with Crippen molar-refractivity contribution in [3.05, 3.63) is 30.3 Å². The Morgan fingerprint density at radius 2 is 2.13 bits per heavy atom. The fourth-order valence-corrected chi connectivity index (χ4v) is 1.62. The van der Waals surface area contributed by atoms with Crippen molar-refractivity contribution in [3.63, 3.8) is 0 Å². The molecule has 3 N–H and O–H groups in total. The van der Waals surface area contributed by atoms with Gasteiger partial charge in [-0.05, 0) is 30.6 Å². The van der Waals surface area contributed by atoms with E-state index in [0.29, 0.717) is 6.42 Å². The fourth-order valence-electron chi connectivity index (χ4n) is 1.13. The Bertz CT molecular complexity index is 303. The van der Waals surface area contributed by atoms with E-state index < -0.39 is 6.04 Å². The summed E-state index contributed by atoms with van der Waals surface area (Å²) in [6.45, 7) is 0. The molecule has 0 radical (unpaired) electrons. The van der Waals surface area contributed by atoms with Crippen molar-refractivity contribution in [2.24, 2.45) is 5.73 Å². The Balaban J connectivity index is 2.42. The summed E-state index contributed by atoms with van der Waals surface area (Å²) in [4.78, 5) is 11.6. The second-order valence-electron chi connectivity index (χ2n) is 3.24. The van der Waals surface area contributed by atoms with E-state index in [0.717, 1.165) is 11.4 Å². The molecule has 0 spiro atoms. The van der Waals surface area contributed by atoms with Crippen LogP contribution >= 0.6 is 11.8 Å². The maximum atomic E-state index is 11.6. The molecule has 0 fully saturated rings. The number of carbonyl (C=O) groups excluding carboxylic acids is 1. The average molecular weight is 224 g/mol. The van der Waals surface area contributed by atoms with Gasteiger partial charge >= 0.3 is 0 Å². The summed E-state index contributed by atoms with van der Waals surface area (Å²) < 4.78 is 0. The highest BCUT2D eigenvalue weighted by Crippen LogP contribution is 2.06. The Labute approximate surface area is 94.4 Å². The highest BCUT2D eigenvalue weighted by Gasteiger charge is 2.12. The monoisotopic (exact) mass is 224 g/mol. The first-order valence-corrected chi connectivity index (χ1v) is 6.24. The summed E-state index contributed by atoms with van der Waals surface area (Å²) in [7, 11) is 0. The molecule has 1 atom stereocenters. The minimum atomic E-state index is -0.419. The largest absolute Gasteiger partial charge is 0.325 e. The Morgan fingerprint density at radius 3 is 2.73 bits per heavy atom. The maximum Gasteiger partial charge on any atom is 0.241 e. The van der Waals surface area contributed by atoms with Crippen molar-refractivity contribution < 1.29 is 4.79 Å². The van der Waals surface area contributed by atoms with Crippen LogP contribution in [0.25, 0.3) is 0 Å².